The number of carboxylic acid groups (broad SMARTS) is 1. The molecule has 0 atom stereocenters. The molecule has 0 radical (unpaired) electrons. The molecule has 1 aliphatic rings. The Kier molecular flexibility index (Phi) is 5.19. The smallest absolute Gasteiger partial charge is 0.311 e. The molecule has 5 heteroatoms. The van der Waals surface area contributed by atoms with Gasteiger partial charge in [-0.25, -0.2) is 0 Å². The lowest BCUT2D eigenvalue weighted by molar-refractivity contribution is -0.154. The molecule has 0 saturated carbocycles. The van der Waals surface area contributed by atoms with E-state index in [1.54, 1.807) is 0 Å². The fourth-order valence-corrected chi connectivity index (χ4v) is 2.85. The van der Waals surface area contributed by atoms with Crippen molar-refractivity contribution in [1.82, 2.24) is 5.32 Å². The minimum Gasteiger partial charge on any atom is -0.481 e. The van der Waals surface area contributed by atoms with Crippen LogP contribution >= 0.6 is 0 Å². The third-order valence-electron chi connectivity index (χ3n) is 4.51. The zero-order valence-corrected chi connectivity index (χ0v) is 13.1. The summed E-state index contributed by atoms with van der Waals surface area (Å²) in [7, 11) is 0. The molecule has 1 fully saturated rings. The second-order valence-electron chi connectivity index (χ2n) is 6.02. The highest BCUT2D eigenvalue weighted by molar-refractivity contribution is 5.81. The summed E-state index contributed by atoms with van der Waals surface area (Å²) in [5.41, 5.74) is 2.27. The first-order valence-electron chi connectivity index (χ1n) is 7.57. The Morgan fingerprint density at radius 2 is 1.82 bits per heavy atom. The van der Waals surface area contributed by atoms with Crippen LogP contribution in [0.2, 0.25) is 0 Å². The average Bonchev–Trinajstić information content (AvgIpc) is 2.50. The summed E-state index contributed by atoms with van der Waals surface area (Å²) in [6.45, 7) is 4.98. The summed E-state index contributed by atoms with van der Waals surface area (Å²) < 4.78 is 5.23. The molecular formula is C17H23NO4. The number of carboxylic acids is 1. The Morgan fingerprint density at radius 3 is 2.36 bits per heavy atom. The van der Waals surface area contributed by atoms with E-state index in [-0.39, 0.29) is 18.9 Å². The molecule has 120 valence electrons. The van der Waals surface area contributed by atoms with E-state index in [9.17, 15) is 14.7 Å². The summed E-state index contributed by atoms with van der Waals surface area (Å²) in [6, 6.07) is 5.92. The van der Waals surface area contributed by atoms with Crippen molar-refractivity contribution in [3.63, 3.8) is 0 Å². The second kappa shape index (κ2) is 6.92. The molecular weight excluding hydrogens is 282 g/mol. The van der Waals surface area contributed by atoms with Crippen molar-refractivity contribution < 1.29 is 19.4 Å². The Hall–Kier alpha value is -1.88. The maximum atomic E-state index is 12.2. The predicted octanol–water partition coefficient (Wildman–Crippen LogP) is 1.84. The molecule has 1 heterocycles. The minimum absolute atomic E-state index is 0.135. The van der Waals surface area contributed by atoms with Crippen molar-refractivity contribution >= 4 is 11.9 Å². The van der Waals surface area contributed by atoms with Crippen LogP contribution in [0, 0.1) is 19.3 Å². The maximum Gasteiger partial charge on any atom is 0.311 e. The highest BCUT2D eigenvalue weighted by Crippen LogP contribution is 2.30. The fourth-order valence-electron chi connectivity index (χ4n) is 2.85. The van der Waals surface area contributed by atoms with Crippen molar-refractivity contribution in [2.45, 2.75) is 33.1 Å². The third kappa shape index (κ3) is 3.65. The Balaban J connectivity index is 1.98. The number of ether oxygens (including phenoxy) is 1. The average molecular weight is 305 g/mol. The first kappa shape index (κ1) is 16.5. The lowest BCUT2D eigenvalue weighted by Crippen LogP contribution is -2.46. The maximum absolute atomic E-state index is 12.2. The van der Waals surface area contributed by atoms with Crippen molar-refractivity contribution in [3.05, 3.63) is 34.9 Å². The lowest BCUT2D eigenvalue weighted by atomic mass is 9.80. The van der Waals surface area contributed by atoms with Gasteiger partial charge in [-0.2, -0.15) is 0 Å². The summed E-state index contributed by atoms with van der Waals surface area (Å²) in [5.74, 6) is -0.993. The number of rotatable bonds is 5. The Bertz CT molecular complexity index is 542. The van der Waals surface area contributed by atoms with E-state index in [1.165, 1.54) is 0 Å². The molecule has 0 spiro atoms. The van der Waals surface area contributed by atoms with Crippen LogP contribution in [0.5, 0.6) is 0 Å². The number of nitrogens with one attached hydrogen (secondary N) is 1. The fraction of sp³-hybridized carbons (Fsp3) is 0.529. The molecule has 0 unspecified atom stereocenters. The van der Waals surface area contributed by atoms with Crippen LogP contribution in [0.1, 0.15) is 29.5 Å². The molecule has 2 rings (SSSR count). The number of hydrogen-bond acceptors (Lipinski definition) is 3. The molecule has 1 saturated heterocycles. The van der Waals surface area contributed by atoms with Gasteiger partial charge in [0.1, 0.15) is 0 Å². The Morgan fingerprint density at radius 1 is 1.23 bits per heavy atom. The highest BCUT2D eigenvalue weighted by Gasteiger charge is 2.40. The predicted molar refractivity (Wildman–Crippen MR) is 82.8 cm³/mol. The van der Waals surface area contributed by atoms with E-state index in [2.05, 4.69) is 5.32 Å². The number of carbonyl (C=O) groups excluding carboxylic acids is 1. The zero-order chi connectivity index (χ0) is 16.2. The van der Waals surface area contributed by atoms with Gasteiger partial charge in [0, 0.05) is 19.8 Å². The van der Waals surface area contributed by atoms with Crippen LogP contribution in [-0.2, 0) is 20.7 Å². The quantitative estimate of drug-likeness (QED) is 0.870. The number of aryl methyl sites for hydroxylation is 2. The van der Waals surface area contributed by atoms with Gasteiger partial charge >= 0.3 is 5.97 Å². The number of amides is 1. The molecule has 1 aromatic rings. The molecule has 2 N–H and O–H groups in total. The summed E-state index contributed by atoms with van der Waals surface area (Å²) in [6.07, 6.45) is 1.16. The van der Waals surface area contributed by atoms with Gasteiger partial charge in [-0.3, -0.25) is 9.59 Å². The van der Waals surface area contributed by atoms with E-state index in [4.69, 9.17) is 4.74 Å². The first-order valence-corrected chi connectivity index (χ1v) is 7.57. The van der Waals surface area contributed by atoms with Crippen molar-refractivity contribution in [2.75, 3.05) is 19.8 Å². The topological polar surface area (TPSA) is 75.6 Å². The third-order valence-corrected chi connectivity index (χ3v) is 4.51. The number of carbonyl (C=O) groups is 2. The SMILES string of the molecule is Cc1cccc(C)c1CC(=O)NCC1(C(=O)O)CCOCC1. The molecule has 1 amide bonds. The van der Waals surface area contributed by atoms with Crippen LogP contribution < -0.4 is 5.32 Å². The molecule has 0 aliphatic carbocycles. The molecule has 0 bridgehead atoms. The van der Waals surface area contributed by atoms with E-state index >= 15 is 0 Å². The summed E-state index contributed by atoms with van der Waals surface area (Å²) in [4.78, 5) is 23.7. The van der Waals surface area contributed by atoms with Gasteiger partial charge < -0.3 is 15.2 Å². The van der Waals surface area contributed by atoms with Crippen molar-refractivity contribution in [3.8, 4) is 0 Å². The molecule has 0 aromatic heterocycles. The zero-order valence-electron chi connectivity index (χ0n) is 13.1. The lowest BCUT2D eigenvalue weighted by Gasteiger charge is -2.33. The first-order chi connectivity index (χ1) is 10.4. The van der Waals surface area contributed by atoms with Crippen LogP contribution in [0.15, 0.2) is 18.2 Å². The summed E-state index contributed by atoms with van der Waals surface area (Å²) >= 11 is 0. The van der Waals surface area contributed by atoms with Crippen LogP contribution in [-0.4, -0.2) is 36.7 Å². The van der Waals surface area contributed by atoms with Gasteiger partial charge in [-0.1, -0.05) is 18.2 Å². The van der Waals surface area contributed by atoms with E-state index in [1.807, 2.05) is 32.0 Å². The van der Waals surface area contributed by atoms with E-state index < -0.39 is 11.4 Å². The van der Waals surface area contributed by atoms with E-state index in [0.29, 0.717) is 26.1 Å². The van der Waals surface area contributed by atoms with Crippen molar-refractivity contribution in [1.29, 1.82) is 0 Å². The molecule has 5 nitrogen and oxygen atoms in total. The van der Waals surface area contributed by atoms with Gasteiger partial charge in [0.15, 0.2) is 0 Å². The highest BCUT2D eigenvalue weighted by atomic mass is 16.5. The van der Waals surface area contributed by atoms with Gasteiger partial charge in [-0.05, 0) is 43.4 Å². The molecule has 22 heavy (non-hydrogen) atoms. The van der Waals surface area contributed by atoms with E-state index in [0.717, 1.165) is 16.7 Å². The van der Waals surface area contributed by atoms with Gasteiger partial charge in [-0.15, -0.1) is 0 Å². The second-order valence-corrected chi connectivity index (χ2v) is 6.02. The van der Waals surface area contributed by atoms with Gasteiger partial charge in [0.05, 0.1) is 11.8 Å². The molecule has 1 aliphatic heterocycles. The van der Waals surface area contributed by atoms with Gasteiger partial charge in [0.2, 0.25) is 5.91 Å². The summed E-state index contributed by atoms with van der Waals surface area (Å²) in [5, 5.41) is 12.3. The number of hydrogen-bond donors (Lipinski definition) is 2. The minimum atomic E-state index is -0.894. The van der Waals surface area contributed by atoms with Crippen molar-refractivity contribution in [2.24, 2.45) is 5.41 Å². The standard InChI is InChI=1S/C17H23NO4/c1-12-4-3-5-13(2)14(12)10-15(19)18-11-17(16(20)21)6-8-22-9-7-17/h3-5H,6-11H2,1-2H3,(H,18,19)(H,20,21). The number of benzene rings is 1. The number of aliphatic carboxylic acids is 1. The van der Waals surface area contributed by atoms with Gasteiger partial charge in [0.25, 0.3) is 0 Å². The molecule has 1 aromatic carbocycles. The largest absolute Gasteiger partial charge is 0.481 e. The normalized spacial score (nSPS) is 17.0. The van der Waals surface area contributed by atoms with Crippen LogP contribution in [0.25, 0.3) is 0 Å². The Labute approximate surface area is 130 Å². The van der Waals surface area contributed by atoms with Crippen LogP contribution in [0.3, 0.4) is 0 Å². The monoisotopic (exact) mass is 305 g/mol. The van der Waals surface area contributed by atoms with Crippen LogP contribution in [0.4, 0.5) is 0 Å².